The summed E-state index contributed by atoms with van der Waals surface area (Å²) in [4.78, 5) is 8.90. The Balaban J connectivity index is 2.69. The van der Waals surface area contributed by atoms with Crippen LogP contribution >= 0.6 is 0 Å². The second kappa shape index (κ2) is 3.93. The molecule has 0 aliphatic carbocycles. The van der Waals surface area contributed by atoms with Gasteiger partial charge in [0.1, 0.15) is 5.82 Å². The molecule has 0 bridgehead atoms. The molecule has 3 heteroatoms. The van der Waals surface area contributed by atoms with Crippen molar-refractivity contribution in [2.75, 3.05) is 0 Å². The molecule has 0 unspecified atom stereocenters. The molecule has 15 heavy (non-hydrogen) atoms. The van der Waals surface area contributed by atoms with Crippen molar-refractivity contribution in [1.82, 2.24) is 9.97 Å². The summed E-state index contributed by atoms with van der Waals surface area (Å²) in [5.41, 5.74) is 3.39. The van der Waals surface area contributed by atoms with Crippen molar-refractivity contribution in [1.29, 1.82) is 0 Å². The van der Waals surface area contributed by atoms with E-state index in [1.807, 2.05) is 6.92 Å². The summed E-state index contributed by atoms with van der Waals surface area (Å²) in [6.45, 7) is 4.09. The largest absolute Gasteiger partial charge is 0.249 e. The van der Waals surface area contributed by atoms with Gasteiger partial charge in [-0.1, -0.05) is 13.8 Å². The van der Waals surface area contributed by atoms with Crippen molar-refractivity contribution in [3.05, 3.63) is 35.4 Å². The lowest BCUT2D eigenvalue weighted by molar-refractivity contribution is 0.629. The predicted molar refractivity (Wildman–Crippen MR) is 58.3 cm³/mol. The minimum Gasteiger partial charge on any atom is -0.249 e. The molecule has 2 aromatic rings. The number of rotatable bonds is 2. The van der Waals surface area contributed by atoms with E-state index in [1.54, 1.807) is 6.07 Å². The van der Waals surface area contributed by atoms with E-state index in [4.69, 9.17) is 0 Å². The van der Waals surface area contributed by atoms with Gasteiger partial charge in [-0.3, -0.25) is 0 Å². The number of fused-ring (bicyclic) bond motifs is 1. The monoisotopic (exact) mass is 204 g/mol. The van der Waals surface area contributed by atoms with Crippen LogP contribution in [0.4, 0.5) is 4.39 Å². The van der Waals surface area contributed by atoms with Crippen molar-refractivity contribution in [3.8, 4) is 0 Å². The van der Waals surface area contributed by atoms with Gasteiger partial charge in [-0.05, 0) is 25.0 Å². The topological polar surface area (TPSA) is 25.8 Å². The average Bonchev–Trinajstić information content (AvgIpc) is 2.27. The van der Waals surface area contributed by atoms with E-state index in [1.165, 1.54) is 12.1 Å². The lowest BCUT2D eigenvalue weighted by atomic mass is 10.2. The van der Waals surface area contributed by atoms with Gasteiger partial charge in [0, 0.05) is 6.07 Å². The molecule has 0 radical (unpaired) electrons. The van der Waals surface area contributed by atoms with E-state index >= 15 is 0 Å². The summed E-state index contributed by atoms with van der Waals surface area (Å²) < 4.78 is 13.0. The maximum atomic E-state index is 13.0. The van der Waals surface area contributed by atoms with E-state index < -0.39 is 0 Å². The summed E-state index contributed by atoms with van der Waals surface area (Å²) in [5, 5.41) is 0. The Morgan fingerprint density at radius 1 is 1.00 bits per heavy atom. The number of benzene rings is 1. The fraction of sp³-hybridized carbons (Fsp3) is 0.333. The first-order valence-electron chi connectivity index (χ1n) is 5.19. The van der Waals surface area contributed by atoms with Crippen LogP contribution in [0.5, 0.6) is 0 Å². The van der Waals surface area contributed by atoms with Crippen LogP contribution in [0.2, 0.25) is 0 Å². The molecule has 0 N–H and O–H groups in total. The maximum absolute atomic E-state index is 13.0. The van der Waals surface area contributed by atoms with Crippen LogP contribution in [0.15, 0.2) is 18.2 Å². The highest BCUT2D eigenvalue weighted by Crippen LogP contribution is 2.15. The Kier molecular flexibility index (Phi) is 2.62. The first-order chi connectivity index (χ1) is 7.24. The highest BCUT2D eigenvalue weighted by atomic mass is 19.1. The molecule has 1 heterocycles. The number of aryl methyl sites for hydroxylation is 2. The Bertz CT molecular complexity index is 494. The summed E-state index contributed by atoms with van der Waals surface area (Å²) in [6.07, 6.45) is 1.70. The standard InChI is InChI=1S/C12H13FN2/c1-3-9-10(4-2)15-12-7-8(13)5-6-11(12)14-9/h5-7H,3-4H2,1-2H3. The fourth-order valence-electron chi connectivity index (χ4n) is 1.67. The van der Waals surface area contributed by atoms with Crippen LogP contribution < -0.4 is 0 Å². The molecular formula is C12H13FN2. The van der Waals surface area contributed by atoms with E-state index in [9.17, 15) is 4.39 Å². The zero-order chi connectivity index (χ0) is 10.8. The normalized spacial score (nSPS) is 10.9. The van der Waals surface area contributed by atoms with Crippen molar-refractivity contribution in [2.24, 2.45) is 0 Å². The van der Waals surface area contributed by atoms with Crippen LogP contribution in [0, 0.1) is 5.82 Å². The predicted octanol–water partition coefficient (Wildman–Crippen LogP) is 2.89. The average molecular weight is 204 g/mol. The third-order valence-electron chi connectivity index (χ3n) is 2.45. The Morgan fingerprint density at radius 2 is 1.60 bits per heavy atom. The van der Waals surface area contributed by atoms with Crippen molar-refractivity contribution >= 4 is 11.0 Å². The number of hydrogen-bond acceptors (Lipinski definition) is 2. The van der Waals surface area contributed by atoms with Crippen LogP contribution in [0.3, 0.4) is 0 Å². The third kappa shape index (κ3) is 1.82. The number of halogens is 1. The van der Waals surface area contributed by atoms with Gasteiger partial charge in [0.15, 0.2) is 0 Å². The minimum absolute atomic E-state index is 0.261. The lowest BCUT2D eigenvalue weighted by Crippen LogP contribution is -2.00. The molecule has 0 saturated heterocycles. The number of nitrogens with zero attached hydrogens (tertiary/aromatic N) is 2. The summed E-state index contributed by atoms with van der Waals surface area (Å²) in [5.74, 6) is -0.261. The molecule has 0 amide bonds. The van der Waals surface area contributed by atoms with Crippen LogP contribution in [0.25, 0.3) is 11.0 Å². The first-order valence-corrected chi connectivity index (χ1v) is 5.19. The van der Waals surface area contributed by atoms with E-state index in [-0.39, 0.29) is 5.82 Å². The highest BCUT2D eigenvalue weighted by Gasteiger charge is 2.05. The van der Waals surface area contributed by atoms with Gasteiger partial charge in [-0.15, -0.1) is 0 Å². The fourth-order valence-corrected chi connectivity index (χ4v) is 1.67. The molecule has 2 rings (SSSR count). The zero-order valence-corrected chi connectivity index (χ0v) is 8.92. The van der Waals surface area contributed by atoms with Crippen molar-refractivity contribution in [2.45, 2.75) is 26.7 Å². The molecule has 0 spiro atoms. The van der Waals surface area contributed by atoms with Crippen LogP contribution in [-0.4, -0.2) is 9.97 Å². The van der Waals surface area contributed by atoms with Gasteiger partial charge >= 0.3 is 0 Å². The quantitative estimate of drug-likeness (QED) is 0.751. The molecule has 0 aliphatic rings. The Labute approximate surface area is 88.2 Å². The highest BCUT2D eigenvalue weighted by molar-refractivity contribution is 5.74. The van der Waals surface area contributed by atoms with E-state index in [2.05, 4.69) is 16.9 Å². The first kappa shape index (κ1) is 10.0. The molecule has 0 saturated carbocycles. The molecule has 0 atom stereocenters. The number of hydrogen-bond donors (Lipinski definition) is 0. The summed E-state index contributed by atoms with van der Waals surface area (Å²) in [7, 11) is 0. The molecule has 78 valence electrons. The van der Waals surface area contributed by atoms with Gasteiger partial charge in [0.25, 0.3) is 0 Å². The molecule has 1 aromatic carbocycles. The molecular weight excluding hydrogens is 191 g/mol. The molecule has 0 fully saturated rings. The molecule has 0 aliphatic heterocycles. The van der Waals surface area contributed by atoms with E-state index in [0.717, 1.165) is 29.7 Å². The zero-order valence-electron chi connectivity index (χ0n) is 8.92. The third-order valence-corrected chi connectivity index (χ3v) is 2.45. The van der Waals surface area contributed by atoms with Gasteiger partial charge in [-0.2, -0.15) is 0 Å². The van der Waals surface area contributed by atoms with Gasteiger partial charge in [-0.25, -0.2) is 14.4 Å². The Hall–Kier alpha value is -1.51. The second-order valence-corrected chi connectivity index (χ2v) is 3.46. The molecule has 2 nitrogen and oxygen atoms in total. The maximum Gasteiger partial charge on any atom is 0.125 e. The van der Waals surface area contributed by atoms with Crippen LogP contribution in [0.1, 0.15) is 25.2 Å². The number of aromatic nitrogens is 2. The van der Waals surface area contributed by atoms with Crippen LogP contribution in [-0.2, 0) is 12.8 Å². The SMILES string of the molecule is CCc1nc2ccc(F)cc2nc1CC. The Morgan fingerprint density at radius 3 is 2.20 bits per heavy atom. The second-order valence-electron chi connectivity index (χ2n) is 3.46. The lowest BCUT2D eigenvalue weighted by Gasteiger charge is -2.05. The van der Waals surface area contributed by atoms with Gasteiger partial charge in [0.05, 0.1) is 22.4 Å². The van der Waals surface area contributed by atoms with E-state index in [0.29, 0.717) is 5.52 Å². The van der Waals surface area contributed by atoms with Crippen molar-refractivity contribution < 1.29 is 4.39 Å². The minimum atomic E-state index is -0.261. The smallest absolute Gasteiger partial charge is 0.125 e. The van der Waals surface area contributed by atoms with Gasteiger partial charge < -0.3 is 0 Å². The summed E-state index contributed by atoms with van der Waals surface area (Å²) >= 11 is 0. The summed E-state index contributed by atoms with van der Waals surface area (Å²) in [6, 6.07) is 4.53. The molecule has 1 aromatic heterocycles. The van der Waals surface area contributed by atoms with Crippen molar-refractivity contribution in [3.63, 3.8) is 0 Å². The van der Waals surface area contributed by atoms with Gasteiger partial charge in [0.2, 0.25) is 0 Å².